The van der Waals surface area contributed by atoms with Crippen molar-refractivity contribution in [3.63, 3.8) is 0 Å². The molecule has 0 aliphatic rings. The molecule has 0 spiro atoms. The average molecular weight is 353 g/mol. The molecule has 0 saturated heterocycles. The lowest BCUT2D eigenvalue weighted by atomic mass is 10.3. The van der Waals surface area contributed by atoms with Crippen LogP contribution in [0.3, 0.4) is 0 Å². The number of rotatable bonds is 1. The van der Waals surface area contributed by atoms with Crippen LogP contribution in [0, 0.1) is 8.34 Å². The third-order valence-electron chi connectivity index (χ3n) is 1.93. The quantitative estimate of drug-likeness (QED) is 0.488. The predicted molar refractivity (Wildman–Crippen MR) is 69.4 cm³/mol. The minimum Gasteiger partial charge on any atom is -0.303 e. The zero-order valence-corrected chi connectivity index (χ0v) is 11.4. The molecule has 4 nitrogen and oxygen atoms in total. The van der Waals surface area contributed by atoms with E-state index in [4.69, 9.17) is 23.8 Å². The second-order valence-electron chi connectivity index (χ2n) is 2.90. The van der Waals surface area contributed by atoms with Gasteiger partial charge in [-0.05, 0) is 40.9 Å². The van der Waals surface area contributed by atoms with E-state index in [2.05, 4.69) is 37.8 Å². The first-order chi connectivity index (χ1) is 7.09. The molecule has 0 radical (unpaired) electrons. The van der Waals surface area contributed by atoms with E-state index in [-0.39, 0.29) is 0 Å². The molecule has 2 rings (SSSR count). The van der Waals surface area contributed by atoms with E-state index in [1.165, 1.54) is 0 Å². The van der Waals surface area contributed by atoms with E-state index >= 15 is 0 Å². The molecule has 0 amide bonds. The van der Waals surface area contributed by atoms with E-state index in [1.54, 1.807) is 10.8 Å². The lowest BCUT2D eigenvalue weighted by Crippen LogP contribution is -1.95. The highest BCUT2D eigenvalue weighted by molar-refractivity contribution is 14.1. The van der Waals surface area contributed by atoms with Crippen LogP contribution in [0.2, 0.25) is 5.15 Å². The molecule has 0 saturated carbocycles. The first-order valence-electron chi connectivity index (χ1n) is 4.02. The number of nitrogens with one attached hydrogen (secondary N) is 1. The van der Waals surface area contributed by atoms with Crippen molar-refractivity contribution in [3.05, 3.63) is 25.8 Å². The van der Waals surface area contributed by atoms with Crippen molar-refractivity contribution in [3.8, 4) is 11.4 Å². The predicted octanol–water partition coefficient (Wildman–Crippen LogP) is 2.80. The Hall–Kier alpha value is -0.470. The normalized spacial score (nSPS) is 10.6. The van der Waals surface area contributed by atoms with Crippen LogP contribution in [-0.2, 0) is 7.05 Å². The van der Waals surface area contributed by atoms with Gasteiger partial charge in [0.25, 0.3) is 0 Å². The first kappa shape index (κ1) is 11.0. The van der Waals surface area contributed by atoms with Crippen molar-refractivity contribution < 1.29 is 0 Å². The van der Waals surface area contributed by atoms with Gasteiger partial charge < -0.3 is 4.57 Å². The van der Waals surface area contributed by atoms with E-state index in [0.717, 1.165) is 9.13 Å². The number of pyridine rings is 1. The SMILES string of the molecule is Cn1c(-c2cc(I)cnc2Cl)n[nH]c1=S. The van der Waals surface area contributed by atoms with Gasteiger partial charge in [0.05, 0.1) is 5.56 Å². The van der Waals surface area contributed by atoms with Crippen LogP contribution in [0.25, 0.3) is 11.4 Å². The summed E-state index contributed by atoms with van der Waals surface area (Å²) in [6.45, 7) is 0. The fourth-order valence-corrected chi connectivity index (χ4v) is 1.94. The smallest absolute Gasteiger partial charge is 0.195 e. The van der Waals surface area contributed by atoms with Gasteiger partial charge in [0.2, 0.25) is 0 Å². The Morgan fingerprint density at radius 3 is 2.93 bits per heavy atom. The minimum atomic E-state index is 0.424. The molecular weight excluding hydrogens is 347 g/mol. The first-order valence-corrected chi connectivity index (χ1v) is 5.89. The van der Waals surface area contributed by atoms with Gasteiger partial charge in [-0.3, -0.25) is 5.10 Å². The summed E-state index contributed by atoms with van der Waals surface area (Å²) in [4.78, 5) is 4.06. The van der Waals surface area contributed by atoms with Crippen molar-refractivity contribution in [1.82, 2.24) is 19.7 Å². The zero-order valence-electron chi connectivity index (χ0n) is 7.66. The molecule has 78 valence electrons. The van der Waals surface area contributed by atoms with Gasteiger partial charge >= 0.3 is 0 Å². The summed E-state index contributed by atoms with van der Waals surface area (Å²) in [6, 6.07) is 1.92. The minimum absolute atomic E-state index is 0.424. The van der Waals surface area contributed by atoms with Crippen LogP contribution in [0.15, 0.2) is 12.3 Å². The molecule has 0 aliphatic heterocycles. The Morgan fingerprint density at radius 2 is 2.33 bits per heavy atom. The van der Waals surface area contributed by atoms with E-state index < -0.39 is 0 Å². The highest BCUT2D eigenvalue weighted by Crippen LogP contribution is 2.25. The Morgan fingerprint density at radius 1 is 1.60 bits per heavy atom. The number of hydrogen-bond donors (Lipinski definition) is 1. The van der Waals surface area contributed by atoms with Crippen molar-refractivity contribution >= 4 is 46.4 Å². The van der Waals surface area contributed by atoms with Crippen LogP contribution in [0.5, 0.6) is 0 Å². The number of H-pyrrole nitrogens is 1. The Labute approximate surface area is 110 Å². The molecular formula is C8H6ClIN4S. The topological polar surface area (TPSA) is 46.5 Å². The molecule has 2 aromatic rings. The number of aromatic nitrogens is 4. The fraction of sp³-hybridized carbons (Fsp3) is 0.125. The highest BCUT2D eigenvalue weighted by Gasteiger charge is 2.11. The maximum atomic E-state index is 6.00. The van der Waals surface area contributed by atoms with Gasteiger partial charge in [-0.15, -0.1) is 0 Å². The number of nitrogens with zero attached hydrogens (tertiary/aromatic N) is 3. The van der Waals surface area contributed by atoms with Crippen molar-refractivity contribution in [2.75, 3.05) is 0 Å². The summed E-state index contributed by atoms with van der Waals surface area (Å²) in [7, 11) is 1.83. The van der Waals surface area contributed by atoms with Gasteiger partial charge in [0.15, 0.2) is 10.6 Å². The van der Waals surface area contributed by atoms with Gasteiger partial charge in [-0.25, -0.2) is 4.98 Å². The van der Waals surface area contributed by atoms with Gasteiger partial charge in [0, 0.05) is 16.8 Å². The number of halogens is 2. The number of aromatic amines is 1. The molecule has 0 aliphatic carbocycles. The molecule has 0 atom stereocenters. The molecule has 0 aromatic carbocycles. The molecule has 0 fully saturated rings. The maximum Gasteiger partial charge on any atom is 0.195 e. The van der Waals surface area contributed by atoms with Gasteiger partial charge in [0.1, 0.15) is 5.15 Å². The Balaban J connectivity index is 2.68. The van der Waals surface area contributed by atoms with Crippen LogP contribution < -0.4 is 0 Å². The average Bonchev–Trinajstić information content (AvgIpc) is 2.52. The fourth-order valence-electron chi connectivity index (χ4n) is 1.17. The molecule has 2 aromatic heterocycles. The highest BCUT2D eigenvalue weighted by atomic mass is 127. The van der Waals surface area contributed by atoms with Crippen LogP contribution in [-0.4, -0.2) is 19.7 Å². The molecule has 15 heavy (non-hydrogen) atoms. The van der Waals surface area contributed by atoms with Gasteiger partial charge in [-0.2, -0.15) is 5.10 Å². The molecule has 0 bridgehead atoms. The summed E-state index contributed by atoms with van der Waals surface area (Å²) in [6.07, 6.45) is 1.70. The van der Waals surface area contributed by atoms with Gasteiger partial charge in [-0.1, -0.05) is 11.6 Å². The molecule has 7 heteroatoms. The summed E-state index contributed by atoms with van der Waals surface area (Å²) in [5, 5.41) is 7.24. The standard InChI is InChI=1S/C8H6ClIN4S/c1-14-7(12-13-8(14)15)5-2-4(10)3-11-6(5)9/h2-3H,1H3,(H,13,15). The van der Waals surface area contributed by atoms with Crippen molar-refractivity contribution in [2.24, 2.45) is 7.05 Å². The second-order valence-corrected chi connectivity index (χ2v) is 4.89. The van der Waals surface area contributed by atoms with E-state index in [9.17, 15) is 0 Å². The van der Waals surface area contributed by atoms with Crippen LogP contribution >= 0.6 is 46.4 Å². The Bertz CT molecular complexity index is 562. The van der Waals surface area contributed by atoms with Crippen molar-refractivity contribution in [1.29, 1.82) is 0 Å². The molecule has 1 N–H and O–H groups in total. The van der Waals surface area contributed by atoms with Crippen LogP contribution in [0.4, 0.5) is 0 Å². The lowest BCUT2D eigenvalue weighted by Gasteiger charge is -2.02. The third kappa shape index (κ3) is 2.06. The third-order valence-corrected chi connectivity index (χ3v) is 3.18. The monoisotopic (exact) mass is 352 g/mol. The zero-order chi connectivity index (χ0) is 11.0. The summed E-state index contributed by atoms with van der Waals surface area (Å²) >= 11 is 13.2. The van der Waals surface area contributed by atoms with E-state index in [1.807, 2.05) is 13.1 Å². The summed E-state index contributed by atoms with van der Waals surface area (Å²) in [5.41, 5.74) is 0.776. The largest absolute Gasteiger partial charge is 0.303 e. The Kier molecular flexibility index (Phi) is 3.08. The second kappa shape index (κ2) is 4.18. The maximum absolute atomic E-state index is 6.00. The summed E-state index contributed by atoms with van der Waals surface area (Å²) < 4.78 is 3.31. The van der Waals surface area contributed by atoms with Crippen molar-refractivity contribution in [2.45, 2.75) is 0 Å². The van der Waals surface area contributed by atoms with E-state index in [0.29, 0.717) is 15.7 Å². The molecule has 0 unspecified atom stereocenters. The number of hydrogen-bond acceptors (Lipinski definition) is 3. The summed E-state index contributed by atoms with van der Waals surface area (Å²) in [5.74, 6) is 0.691. The lowest BCUT2D eigenvalue weighted by molar-refractivity contribution is 0.901. The van der Waals surface area contributed by atoms with Crippen LogP contribution in [0.1, 0.15) is 0 Å². The molecule has 2 heterocycles.